The van der Waals surface area contributed by atoms with Gasteiger partial charge < -0.3 is 19.2 Å². The van der Waals surface area contributed by atoms with Gasteiger partial charge in [-0.3, -0.25) is 9.59 Å². The Bertz CT molecular complexity index is 755. The zero-order chi connectivity index (χ0) is 18.6. The number of nitrogens with zero attached hydrogens (tertiary/aromatic N) is 1. The molecule has 0 radical (unpaired) electrons. The summed E-state index contributed by atoms with van der Waals surface area (Å²) in [5.41, 5.74) is 1.48. The van der Waals surface area contributed by atoms with Gasteiger partial charge in [-0.25, -0.2) is 0 Å². The number of rotatable bonds is 7. The Morgan fingerprint density at radius 2 is 1.92 bits per heavy atom. The lowest BCUT2D eigenvalue weighted by Crippen LogP contribution is -2.27. The first-order valence-electron chi connectivity index (χ1n) is 7.36. The van der Waals surface area contributed by atoms with Gasteiger partial charge >= 0.3 is 12.6 Å². The molecule has 0 unspecified atom stereocenters. The number of carbonyl (C=O) groups is 2. The van der Waals surface area contributed by atoms with Crippen LogP contribution in [0.15, 0.2) is 34.9 Å². The van der Waals surface area contributed by atoms with Crippen molar-refractivity contribution < 1.29 is 32.6 Å². The van der Waals surface area contributed by atoms with Crippen LogP contribution < -0.4 is 4.74 Å². The minimum absolute atomic E-state index is 0.0298. The fraction of sp³-hybridized carbons (Fsp3) is 0.294. The highest BCUT2D eigenvalue weighted by Gasteiger charge is 2.23. The molecule has 0 spiro atoms. The fourth-order valence-corrected chi connectivity index (χ4v) is 2.37. The standard InChI is InChI=1S/C17H17F2NO5/c1-10-9-24-13(7-14(21)22)15(10)16(23)20(2)8-11-3-5-12(6-4-11)25-17(18)19/h3-6,9,17H,7-8H2,1-2H3,(H,21,22). The van der Waals surface area contributed by atoms with Crippen molar-refractivity contribution in [1.29, 1.82) is 0 Å². The molecule has 0 atom stereocenters. The summed E-state index contributed by atoms with van der Waals surface area (Å²) in [4.78, 5) is 24.9. The van der Waals surface area contributed by atoms with Crippen LogP contribution in [-0.2, 0) is 17.8 Å². The summed E-state index contributed by atoms with van der Waals surface area (Å²) in [6.45, 7) is -1.02. The number of alkyl halides is 2. The molecule has 6 nitrogen and oxygen atoms in total. The molecule has 0 aliphatic heterocycles. The normalized spacial score (nSPS) is 10.8. The number of halogens is 2. The van der Waals surface area contributed by atoms with E-state index in [1.54, 1.807) is 26.1 Å². The molecule has 1 N–H and O–H groups in total. The maximum atomic E-state index is 12.6. The summed E-state index contributed by atoms with van der Waals surface area (Å²) < 4.78 is 33.7. The average molecular weight is 353 g/mol. The van der Waals surface area contributed by atoms with E-state index in [9.17, 15) is 18.4 Å². The quantitative estimate of drug-likeness (QED) is 0.827. The Balaban J connectivity index is 2.10. The van der Waals surface area contributed by atoms with Crippen LogP contribution in [0.25, 0.3) is 0 Å². The summed E-state index contributed by atoms with van der Waals surface area (Å²) in [6.07, 6.45) is 0.957. The van der Waals surface area contributed by atoms with Gasteiger partial charge in [0.25, 0.3) is 5.91 Å². The molecule has 0 fully saturated rings. The number of amides is 1. The summed E-state index contributed by atoms with van der Waals surface area (Å²) in [6, 6.07) is 5.92. The number of carboxylic acids is 1. The van der Waals surface area contributed by atoms with Crippen LogP contribution in [0, 0.1) is 6.92 Å². The number of ether oxygens (including phenoxy) is 1. The molecule has 0 saturated carbocycles. The van der Waals surface area contributed by atoms with E-state index in [-0.39, 0.29) is 35.9 Å². The second-order valence-electron chi connectivity index (χ2n) is 5.47. The van der Waals surface area contributed by atoms with Crippen molar-refractivity contribution >= 4 is 11.9 Å². The third-order valence-corrected chi connectivity index (χ3v) is 3.49. The third-order valence-electron chi connectivity index (χ3n) is 3.49. The topological polar surface area (TPSA) is 80.0 Å². The average Bonchev–Trinajstić information content (AvgIpc) is 2.87. The third kappa shape index (κ3) is 4.79. The molecule has 0 saturated heterocycles. The Kier molecular flexibility index (Phi) is 5.74. The lowest BCUT2D eigenvalue weighted by atomic mass is 10.1. The summed E-state index contributed by atoms with van der Waals surface area (Å²) in [7, 11) is 1.56. The number of carboxylic acid groups (broad SMARTS) is 1. The van der Waals surface area contributed by atoms with Crippen molar-refractivity contribution in [2.45, 2.75) is 26.5 Å². The van der Waals surface area contributed by atoms with Crippen LogP contribution in [0.2, 0.25) is 0 Å². The number of hydrogen-bond acceptors (Lipinski definition) is 4. The summed E-state index contributed by atoms with van der Waals surface area (Å²) in [5, 5.41) is 8.89. The Hall–Kier alpha value is -2.90. The lowest BCUT2D eigenvalue weighted by Gasteiger charge is -2.18. The van der Waals surface area contributed by atoms with Gasteiger partial charge in [-0.15, -0.1) is 0 Å². The van der Waals surface area contributed by atoms with Crippen molar-refractivity contribution in [2.75, 3.05) is 7.05 Å². The highest BCUT2D eigenvalue weighted by atomic mass is 19.3. The molecule has 25 heavy (non-hydrogen) atoms. The molecule has 8 heteroatoms. The van der Waals surface area contributed by atoms with Crippen molar-refractivity contribution in [3.05, 3.63) is 53.0 Å². The van der Waals surface area contributed by atoms with E-state index < -0.39 is 12.6 Å². The number of hydrogen-bond donors (Lipinski definition) is 1. The van der Waals surface area contributed by atoms with E-state index in [2.05, 4.69) is 4.74 Å². The second kappa shape index (κ2) is 7.78. The summed E-state index contributed by atoms with van der Waals surface area (Å²) in [5.74, 6) is -1.35. The van der Waals surface area contributed by atoms with Crippen LogP contribution >= 0.6 is 0 Å². The predicted octanol–water partition coefficient (Wildman–Crippen LogP) is 3.09. The fourth-order valence-electron chi connectivity index (χ4n) is 2.37. The molecule has 0 aliphatic carbocycles. The molecule has 2 aromatic rings. The molecule has 2 rings (SSSR count). The van der Waals surface area contributed by atoms with E-state index in [0.717, 1.165) is 0 Å². The maximum Gasteiger partial charge on any atom is 0.387 e. The van der Waals surface area contributed by atoms with E-state index in [1.165, 1.54) is 23.3 Å². The lowest BCUT2D eigenvalue weighted by molar-refractivity contribution is -0.136. The monoisotopic (exact) mass is 353 g/mol. The molecule has 0 aliphatic rings. The van der Waals surface area contributed by atoms with Gasteiger partial charge in [-0.2, -0.15) is 8.78 Å². The van der Waals surface area contributed by atoms with Gasteiger partial charge in [0.15, 0.2) is 0 Å². The van der Waals surface area contributed by atoms with Crippen molar-refractivity contribution in [3.8, 4) is 5.75 Å². The number of furan rings is 1. The molecule has 0 bridgehead atoms. The van der Waals surface area contributed by atoms with Crippen LogP contribution in [-0.4, -0.2) is 35.5 Å². The van der Waals surface area contributed by atoms with Crippen LogP contribution in [0.1, 0.15) is 27.2 Å². The maximum absolute atomic E-state index is 12.6. The highest BCUT2D eigenvalue weighted by Crippen LogP contribution is 2.21. The largest absolute Gasteiger partial charge is 0.481 e. The van der Waals surface area contributed by atoms with Gasteiger partial charge in [0.1, 0.15) is 17.9 Å². The van der Waals surface area contributed by atoms with Crippen molar-refractivity contribution in [2.24, 2.45) is 0 Å². The van der Waals surface area contributed by atoms with Crippen LogP contribution in [0.5, 0.6) is 5.75 Å². The minimum Gasteiger partial charge on any atom is -0.481 e. The van der Waals surface area contributed by atoms with E-state index >= 15 is 0 Å². The smallest absolute Gasteiger partial charge is 0.387 e. The van der Waals surface area contributed by atoms with Crippen LogP contribution in [0.4, 0.5) is 8.78 Å². The van der Waals surface area contributed by atoms with Crippen molar-refractivity contribution in [1.82, 2.24) is 4.90 Å². The molecule has 1 aromatic carbocycles. The number of aliphatic carboxylic acids is 1. The minimum atomic E-state index is -2.90. The Morgan fingerprint density at radius 3 is 2.48 bits per heavy atom. The highest BCUT2D eigenvalue weighted by molar-refractivity contribution is 5.97. The predicted molar refractivity (Wildman–Crippen MR) is 83.7 cm³/mol. The second-order valence-corrected chi connectivity index (χ2v) is 5.47. The molecule has 1 aromatic heterocycles. The number of benzene rings is 1. The van der Waals surface area contributed by atoms with Gasteiger partial charge in [-0.05, 0) is 24.6 Å². The van der Waals surface area contributed by atoms with Gasteiger partial charge in [0.2, 0.25) is 0 Å². The van der Waals surface area contributed by atoms with Gasteiger partial charge in [0, 0.05) is 19.2 Å². The first kappa shape index (κ1) is 18.4. The van der Waals surface area contributed by atoms with Crippen LogP contribution in [0.3, 0.4) is 0 Å². The molecule has 1 amide bonds. The van der Waals surface area contributed by atoms with Gasteiger partial charge in [-0.1, -0.05) is 12.1 Å². The van der Waals surface area contributed by atoms with Gasteiger partial charge in [0.05, 0.1) is 11.8 Å². The Labute approximate surface area is 142 Å². The van der Waals surface area contributed by atoms with Crippen molar-refractivity contribution in [3.63, 3.8) is 0 Å². The van der Waals surface area contributed by atoms with E-state index in [4.69, 9.17) is 9.52 Å². The zero-order valence-corrected chi connectivity index (χ0v) is 13.7. The molecular formula is C17H17F2NO5. The van der Waals surface area contributed by atoms with E-state index in [1.807, 2.05) is 0 Å². The number of aryl methyl sites for hydroxylation is 1. The number of carbonyl (C=O) groups excluding carboxylic acids is 1. The first-order chi connectivity index (χ1) is 11.8. The molecular weight excluding hydrogens is 336 g/mol. The molecule has 134 valence electrons. The zero-order valence-electron chi connectivity index (χ0n) is 13.7. The Morgan fingerprint density at radius 1 is 1.28 bits per heavy atom. The van der Waals surface area contributed by atoms with E-state index in [0.29, 0.717) is 11.1 Å². The molecule has 1 heterocycles. The summed E-state index contributed by atoms with van der Waals surface area (Å²) >= 11 is 0. The first-order valence-corrected chi connectivity index (χ1v) is 7.36. The SMILES string of the molecule is Cc1coc(CC(=O)O)c1C(=O)N(C)Cc1ccc(OC(F)F)cc1.